The van der Waals surface area contributed by atoms with E-state index >= 15 is 0 Å². The molecule has 2 N–H and O–H groups in total. The highest BCUT2D eigenvalue weighted by Crippen LogP contribution is 2.32. The predicted octanol–water partition coefficient (Wildman–Crippen LogP) is 2.97. The van der Waals surface area contributed by atoms with Crippen LogP contribution in [0.4, 0.5) is 0 Å². The Morgan fingerprint density at radius 3 is 2.50 bits per heavy atom. The molecule has 0 aliphatic carbocycles. The van der Waals surface area contributed by atoms with Gasteiger partial charge in [0, 0.05) is 15.6 Å². The fraction of sp³-hybridized carbons (Fsp3) is 0.273. The van der Waals surface area contributed by atoms with Crippen molar-refractivity contribution in [2.45, 2.75) is 5.60 Å². The van der Waals surface area contributed by atoms with Gasteiger partial charge in [-0.15, -0.1) is 11.6 Å². The van der Waals surface area contributed by atoms with E-state index in [1.807, 2.05) is 0 Å². The van der Waals surface area contributed by atoms with Crippen molar-refractivity contribution >= 4 is 34.8 Å². The first-order valence-corrected chi connectivity index (χ1v) is 5.85. The number of aliphatic hydroxyl groups is 2. The zero-order chi connectivity index (χ0) is 12.2. The minimum absolute atomic E-state index is 0.0646. The molecular weight excluding hydrogens is 270 g/mol. The molecule has 0 saturated carbocycles. The lowest BCUT2D eigenvalue weighted by molar-refractivity contribution is 0.114. The highest BCUT2D eigenvalue weighted by atomic mass is 35.5. The molecule has 0 bridgehead atoms. The molecule has 1 aromatic carbocycles. The summed E-state index contributed by atoms with van der Waals surface area (Å²) in [6, 6.07) is 4.75. The van der Waals surface area contributed by atoms with Crippen LogP contribution in [0.2, 0.25) is 10.0 Å². The second-order valence-corrected chi connectivity index (χ2v) is 4.38. The van der Waals surface area contributed by atoms with Gasteiger partial charge in [0.05, 0.1) is 12.5 Å². The van der Waals surface area contributed by atoms with Gasteiger partial charge in [-0.05, 0) is 18.2 Å². The van der Waals surface area contributed by atoms with Crippen LogP contribution in [0.1, 0.15) is 5.56 Å². The molecular formula is C11H11Cl3O2. The molecule has 16 heavy (non-hydrogen) atoms. The predicted molar refractivity (Wildman–Crippen MR) is 67.3 cm³/mol. The highest BCUT2D eigenvalue weighted by Gasteiger charge is 2.27. The van der Waals surface area contributed by atoms with Crippen molar-refractivity contribution in [1.82, 2.24) is 0 Å². The molecule has 0 amide bonds. The van der Waals surface area contributed by atoms with Gasteiger partial charge in [-0.1, -0.05) is 35.3 Å². The number of hydrogen-bond acceptors (Lipinski definition) is 2. The van der Waals surface area contributed by atoms with E-state index in [9.17, 15) is 5.11 Å². The van der Waals surface area contributed by atoms with Crippen LogP contribution in [0.5, 0.6) is 0 Å². The third kappa shape index (κ3) is 3.12. The number of aliphatic hydroxyl groups excluding tert-OH is 1. The number of hydrogen-bond donors (Lipinski definition) is 2. The quantitative estimate of drug-likeness (QED) is 0.658. The van der Waals surface area contributed by atoms with E-state index in [1.165, 1.54) is 18.2 Å². The van der Waals surface area contributed by atoms with Gasteiger partial charge >= 0.3 is 0 Å². The summed E-state index contributed by atoms with van der Waals surface area (Å²) in [7, 11) is 0. The fourth-order valence-corrected chi connectivity index (χ4v) is 2.10. The van der Waals surface area contributed by atoms with Crippen molar-refractivity contribution in [3.63, 3.8) is 0 Å². The van der Waals surface area contributed by atoms with Crippen LogP contribution >= 0.6 is 34.8 Å². The van der Waals surface area contributed by atoms with Gasteiger partial charge in [0.1, 0.15) is 5.60 Å². The van der Waals surface area contributed by atoms with Gasteiger partial charge < -0.3 is 10.2 Å². The number of rotatable bonds is 4. The Morgan fingerprint density at radius 1 is 1.31 bits per heavy atom. The van der Waals surface area contributed by atoms with Crippen LogP contribution in [0.25, 0.3) is 0 Å². The van der Waals surface area contributed by atoms with E-state index in [0.29, 0.717) is 15.6 Å². The highest BCUT2D eigenvalue weighted by molar-refractivity contribution is 6.35. The molecule has 0 saturated heterocycles. The van der Waals surface area contributed by atoms with Gasteiger partial charge in [0.15, 0.2) is 0 Å². The average Bonchev–Trinajstić information content (AvgIpc) is 2.26. The first-order chi connectivity index (χ1) is 7.53. The SMILES string of the molecule is OC/C=C/C(O)(CCl)c1ccc(Cl)cc1Cl. The first-order valence-electron chi connectivity index (χ1n) is 4.56. The topological polar surface area (TPSA) is 40.5 Å². The van der Waals surface area contributed by atoms with Gasteiger partial charge in [0.2, 0.25) is 0 Å². The maximum absolute atomic E-state index is 10.2. The van der Waals surface area contributed by atoms with Crippen LogP contribution in [0, 0.1) is 0 Å². The lowest BCUT2D eigenvalue weighted by atomic mass is 9.95. The van der Waals surface area contributed by atoms with Gasteiger partial charge in [-0.2, -0.15) is 0 Å². The smallest absolute Gasteiger partial charge is 0.123 e. The zero-order valence-corrected chi connectivity index (χ0v) is 10.6. The average molecular weight is 282 g/mol. The van der Waals surface area contributed by atoms with E-state index in [4.69, 9.17) is 39.9 Å². The Morgan fingerprint density at radius 2 is 2.00 bits per heavy atom. The Kier molecular flexibility index (Phi) is 5.09. The van der Waals surface area contributed by atoms with E-state index in [0.717, 1.165) is 0 Å². The summed E-state index contributed by atoms with van der Waals surface area (Å²) >= 11 is 17.4. The number of benzene rings is 1. The second kappa shape index (κ2) is 5.89. The first kappa shape index (κ1) is 13.8. The van der Waals surface area contributed by atoms with Crippen molar-refractivity contribution in [1.29, 1.82) is 0 Å². The second-order valence-electron chi connectivity index (χ2n) is 3.27. The van der Waals surface area contributed by atoms with Crippen LogP contribution in [0.3, 0.4) is 0 Å². The molecule has 1 rings (SSSR count). The molecule has 2 nitrogen and oxygen atoms in total. The Bertz CT molecular complexity index is 393. The normalized spacial score (nSPS) is 15.3. The minimum atomic E-state index is -1.40. The monoisotopic (exact) mass is 280 g/mol. The van der Waals surface area contributed by atoms with Gasteiger partial charge in [-0.25, -0.2) is 0 Å². The summed E-state index contributed by atoms with van der Waals surface area (Å²) < 4.78 is 0. The van der Waals surface area contributed by atoms with E-state index in [2.05, 4.69) is 0 Å². The van der Waals surface area contributed by atoms with E-state index < -0.39 is 5.60 Å². The van der Waals surface area contributed by atoms with Crippen LogP contribution in [-0.4, -0.2) is 22.7 Å². The largest absolute Gasteiger partial charge is 0.392 e. The minimum Gasteiger partial charge on any atom is -0.392 e. The molecule has 0 radical (unpaired) electrons. The van der Waals surface area contributed by atoms with Crippen LogP contribution < -0.4 is 0 Å². The third-order valence-electron chi connectivity index (χ3n) is 2.10. The van der Waals surface area contributed by atoms with Crippen LogP contribution in [-0.2, 0) is 5.60 Å². The summed E-state index contributed by atoms with van der Waals surface area (Å²) in [5.41, 5.74) is -0.940. The van der Waals surface area contributed by atoms with E-state index in [1.54, 1.807) is 12.1 Å². The molecule has 1 atom stereocenters. The summed E-state index contributed by atoms with van der Waals surface area (Å²) in [4.78, 5) is 0. The maximum atomic E-state index is 10.2. The molecule has 0 aliphatic rings. The summed E-state index contributed by atoms with van der Waals surface area (Å²) in [6.07, 6.45) is 2.82. The molecule has 0 aromatic heterocycles. The molecule has 0 heterocycles. The Balaban J connectivity index is 3.17. The fourth-order valence-electron chi connectivity index (χ4n) is 1.29. The molecule has 1 aromatic rings. The molecule has 88 valence electrons. The summed E-state index contributed by atoms with van der Waals surface area (Å²) in [5.74, 6) is -0.0646. The lowest BCUT2D eigenvalue weighted by Gasteiger charge is -2.23. The summed E-state index contributed by atoms with van der Waals surface area (Å²) in [5, 5.41) is 19.7. The van der Waals surface area contributed by atoms with Crippen molar-refractivity contribution in [3.05, 3.63) is 46.0 Å². The van der Waals surface area contributed by atoms with Crippen molar-refractivity contribution in [2.75, 3.05) is 12.5 Å². The Labute approximate surface area is 109 Å². The Hall–Kier alpha value is -0.250. The van der Waals surface area contributed by atoms with Gasteiger partial charge in [0.25, 0.3) is 0 Å². The van der Waals surface area contributed by atoms with Crippen molar-refractivity contribution < 1.29 is 10.2 Å². The molecule has 5 heteroatoms. The third-order valence-corrected chi connectivity index (χ3v) is 3.06. The van der Waals surface area contributed by atoms with Crippen LogP contribution in [0.15, 0.2) is 30.4 Å². The van der Waals surface area contributed by atoms with Crippen molar-refractivity contribution in [2.24, 2.45) is 0 Å². The molecule has 0 aliphatic heterocycles. The molecule has 0 fully saturated rings. The summed E-state index contributed by atoms with van der Waals surface area (Å²) in [6.45, 7) is -0.176. The van der Waals surface area contributed by atoms with E-state index in [-0.39, 0.29) is 12.5 Å². The molecule has 0 spiro atoms. The number of halogens is 3. The number of alkyl halides is 1. The maximum Gasteiger partial charge on any atom is 0.123 e. The lowest BCUT2D eigenvalue weighted by Crippen LogP contribution is -2.25. The van der Waals surface area contributed by atoms with Gasteiger partial charge in [-0.3, -0.25) is 0 Å². The molecule has 1 unspecified atom stereocenters. The van der Waals surface area contributed by atoms with Crippen molar-refractivity contribution in [3.8, 4) is 0 Å². The standard InChI is InChI=1S/C11H11Cl3O2/c12-7-11(16,4-1-5-15)9-3-2-8(13)6-10(9)14/h1-4,6,15-16H,5,7H2/b4-1+. The zero-order valence-electron chi connectivity index (χ0n) is 8.33.